The molecule has 23 heavy (non-hydrogen) atoms. The molecule has 0 aliphatic carbocycles. The van der Waals surface area contributed by atoms with Crippen LogP contribution in [0.4, 0.5) is 0 Å². The lowest BCUT2D eigenvalue weighted by Gasteiger charge is -2.28. The molecule has 2 aromatic carbocycles. The van der Waals surface area contributed by atoms with Crippen LogP contribution in [0.15, 0.2) is 54.6 Å². The van der Waals surface area contributed by atoms with Crippen molar-refractivity contribution >= 4 is 11.8 Å². The standard InChI is InChI=1S/C20H22O3/c1-3-13-20(4-2,19(22)23)17-12-8-11-16(14-17)18(21)15-9-6-5-7-10-15/h5-12,14H,3-4,13H2,1-2H3,(H,22,23). The zero-order valence-corrected chi connectivity index (χ0v) is 13.6. The van der Waals surface area contributed by atoms with Gasteiger partial charge in [0.15, 0.2) is 5.78 Å². The van der Waals surface area contributed by atoms with Crippen LogP contribution in [0.2, 0.25) is 0 Å². The molecule has 0 heterocycles. The highest BCUT2D eigenvalue weighted by atomic mass is 16.4. The van der Waals surface area contributed by atoms with Gasteiger partial charge in [0.2, 0.25) is 0 Å². The number of ketones is 1. The molecular weight excluding hydrogens is 288 g/mol. The monoisotopic (exact) mass is 310 g/mol. The van der Waals surface area contributed by atoms with Gasteiger partial charge in [-0.2, -0.15) is 0 Å². The van der Waals surface area contributed by atoms with E-state index in [9.17, 15) is 14.7 Å². The molecule has 0 saturated carbocycles. The van der Waals surface area contributed by atoms with Crippen molar-refractivity contribution in [2.45, 2.75) is 38.5 Å². The van der Waals surface area contributed by atoms with E-state index >= 15 is 0 Å². The lowest BCUT2D eigenvalue weighted by Crippen LogP contribution is -2.35. The van der Waals surface area contributed by atoms with Gasteiger partial charge in [-0.25, -0.2) is 0 Å². The van der Waals surface area contributed by atoms with Crippen molar-refractivity contribution in [3.63, 3.8) is 0 Å². The van der Waals surface area contributed by atoms with E-state index in [1.165, 1.54) is 0 Å². The van der Waals surface area contributed by atoms with Crippen LogP contribution < -0.4 is 0 Å². The predicted molar refractivity (Wildman–Crippen MR) is 90.8 cm³/mol. The molecule has 0 radical (unpaired) electrons. The third-order valence-corrected chi connectivity index (χ3v) is 4.40. The summed E-state index contributed by atoms with van der Waals surface area (Å²) >= 11 is 0. The number of hydrogen-bond acceptors (Lipinski definition) is 2. The Morgan fingerprint density at radius 1 is 0.957 bits per heavy atom. The molecule has 0 aliphatic rings. The van der Waals surface area contributed by atoms with Gasteiger partial charge in [0.25, 0.3) is 0 Å². The van der Waals surface area contributed by atoms with Crippen molar-refractivity contribution in [1.82, 2.24) is 0 Å². The number of benzene rings is 2. The van der Waals surface area contributed by atoms with E-state index in [4.69, 9.17) is 0 Å². The lowest BCUT2D eigenvalue weighted by atomic mass is 9.74. The fourth-order valence-corrected chi connectivity index (χ4v) is 3.05. The number of rotatable bonds is 7. The second-order valence-electron chi connectivity index (χ2n) is 5.77. The van der Waals surface area contributed by atoms with Gasteiger partial charge in [-0.3, -0.25) is 9.59 Å². The predicted octanol–water partition coefficient (Wildman–Crippen LogP) is 4.45. The van der Waals surface area contributed by atoms with E-state index in [1.807, 2.05) is 38.1 Å². The molecule has 120 valence electrons. The third kappa shape index (κ3) is 3.34. The molecule has 0 aliphatic heterocycles. The van der Waals surface area contributed by atoms with Crippen LogP contribution in [0.25, 0.3) is 0 Å². The molecule has 0 fully saturated rings. The molecule has 0 amide bonds. The van der Waals surface area contributed by atoms with Crippen LogP contribution in [0.1, 0.15) is 54.6 Å². The summed E-state index contributed by atoms with van der Waals surface area (Å²) in [6, 6.07) is 16.1. The summed E-state index contributed by atoms with van der Waals surface area (Å²) in [5.74, 6) is -0.912. The van der Waals surface area contributed by atoms with Crippen molar-refractivity contribution in [3.05, 3.63) is 71.3 Å². The maximum atomic E-state index is 12.6. The van der Waals surface area contributed by atoms with Gasteiger partial charge >= 0.3 is 5.97 Å². The molecule has 1 unspecified atom stereocenters. The molecule has 3 heteroatoms. The topological polar surface area (TPSA) is 54.4 Å². The molecule has 0 spiro atoms. The first kappa shape index (κ1) is 16.9. The van der Waals surface area contributed by atoms with Crippen molar-refractivity contribution in [2.24, 2.45) is 0 Å². The molecule has 1 atom stereocenters. The van der Waals surface area contributed by atoms with Crippen LogP contribution in [0.5, 0.6) is 0 Å². The van der Waals surface area contributed by atoms with E-state index in [0.29, 0.717) is 29.5 Å². The summed E-state index contributed by atoms with van der Waals surface area (Å²) in [6.45, 7) is 3.86. The largest absolute Gasteiger partial charge is 0.481 e. The smallest absolute Gasteiger partial charge is 0.314 e. The minimum atomic E-state index is -0.929. The zero-order chi connectivity index (χ0) is 16.9. The Hall–Kier alpha value is -2.42. The van der Waals surface area contributed by atoms with Gasteiger partial charge in [0.05, 0.1) is 5.41 Å². The number of aliphatic carboxylic acids is 1. The molecule has 1 N–H and O–H groups in total. The normalized spacial score (nSPS) is 13.3. The van der Waals surface area contributed by atoms with Gasteiger partial charge in [-0.15, -0.1) is 0 Å². The number of carboxylic acids is 1. The summed E-state index contributed by atoms with van der Waals surface area (Å²) in [5.41, 5.74) is 0.916. The Balaban J connectivity index is 2.46. The highest BCUT2D eigenvalue weighted by molar-refractivity contribution is 6.09. The van der Waals surface area contributed by atoms with Crippen molar-refractivity contribution in [1.29, 1.82) is 0 Å². The first-order valence-electron chi connectivity index (χ1n) is 7.99. The molecule has 0 bridgehead atoms. The van der Waals surface area contributed by atoms with Gasteiger partial charge < -0.3 is 5.11 Å². The summed E-state index contributed by atoms with van der Waals surface area (Å²) in [6.07, 6.45) is 1.83. The van der Waals surface area contributed by atoms with Crippen molar-refractivity contribution in [2.75, 3.05) is 0 Å². The average Bonchev–Trinajstić information content (AvgIpc) is 2.59. The van der Waals surface area contributed by atoms with E-state index < -0.39 is 11.4 Å². The fourth-order valence-electron chi connectivity index (χ4n) is 3.05. The Labute approximate surface area is 137 Å². The van der Waals surface area contributed by atoms with E-state index in [-0.39, 0.29) is 5.78 Å². The Kier molecular flexibility index (Phi) is 5.32. The Morgan fingerprint density at radius 2 is 1.61 bits per heavy atom. The zero-order valence-electron chi connectivity index (χ0n) is 13.6. The van der Waals surface area contributed by atoms with Crippen LogP contribution in [0.3, 0.4) is 0 Å². The SMILES string of the molecule is CCCC(CC)(C(=O)O)c1cccc(C(=O)c2ccccc2)c1. The summed E-state index contributed by atoms with van der Waals surface area (Å²) in [7, 11) is 0. The number of hydrogen-bond donors (Lipinski definition) is 1. The molecule has 2 rings (SSSR count). The van der Waals surface area contributed by atoms with E-state index in [2.05, 4.69) is 0 Å². The second-order valence-corrected chi connectivity index (χ2v) is 5.77. The maximum absolute atomic E-state index is 12.6. The quantitative estimate of drug-likeness (QED) is 0.769. The highest BCUT2D eigenvalue weighted by Crippen LogP contribution is 2.34. The van der Waals surface area contributed by atoms with Crippen molar-refractivity contribution < 1.29 is 14.7 Å². The molecular formula is C20H22O3. The summed E-state index contributed by atoms with van der Waals surface area (Å²) in [5, 5.41) is 9.77. The van der Waals surface area contributed by atoms with Crippen LogP contribution in [0, 0.1) is 0 Å². The highest BCUT2D eigenvalue weighted by Gasteiger charge is 2.37. The molecule has 2 aromatic rings. The fraction of sp³-hybridized carbons (Fsp3) is 0.300. The first-order chi connectivity index (χ1) is 11.0. The van der Waals surface area contributed by atoms with Gasteiger partial charge in [-0.1, -0.05) is 68.8 Å². The van der Waals surface area contributed by atoms with Crippen LogP contribution in [-0.4, -0.2) is 16.9 Å². The van der Waals surface area contributed by atoms with E-state index in [1.54, 1.807) is 30.3 Å². The minimum absolute atomic E-state index is 0.0839. The van der Waals surface area contributed by atoms with Crippen molar-refractivity contribution in [3.8, 4) is 0 Å². The second kappa shape index (κ2) is 7.23. The van der Waals surface area contributed by atoms with Gasteiger partial charge in [0, 0.05) is 11.1 Å². The molecule has 3 nitrogen and oxygen atoms in total. The third-order valence-electron chi connectivity index (χ3n) is 4.40. The Bertz CT molecular complexity index is 691. The number of carboxylic acid groups (broad SMARTS) is 1. The van der Waals surface area contributed by atoms with E-state index in [0.717, 1.165) is 6.42 Å². The molecule has 0 saturated heterocycles. The van der Waals surface area contributed by atoms with Crippen LogP contribution in [-0.2, 0) is 10.2 Å². The van der Waals surface area contributed by atoms with Gasteiger partial charge in [0.1, 0.15) is 0 Å². The maximum Gasteiger partial charge on any atom is 0.314 e. The average molecular weight is 310 g/mol. The minimum Gasteiger partial charge on any atom is -0.481 e. The van der Waals surface area contributed by atoms with Crippen LogP contribution >= 0.6 is 0 Å². The first-order valence-corrected chi connectivity index (χ1v) is 7.99. The Morgan fingerprint density at radius 3 is 2.17 bits per heavy atom. The summed E-state index contributed by atoms with van der Waals surface area (Å²) < 4.78 is 0. The number of carbonyl (C=O) groups excluding carboxylic acids is 1. The lowest BCUT2D eigenvalue weighted by molar-refractivity contribution is -0.144. The molecule has 0 aromatic heterocycles. The number of carbonyl (C=O) groups is 2. The summed E-state index contributed by atoms with van der Waals surface area (Å²) in [4.78, 5) is 24.5. The van der Waals surface area contributed by atoms with Gasteiger partial charge in [-0.05, 0) is 24.5 Å².